The van der Waals surface area contributed by atoms with Crippen LogP contribution in [0, 0.1) is 0 Å². The van der Waals surface area contributed by atoms with Crippen molar-refractivity contribution in [1.29, 1.82) is 0 Å². The lowest BCUT2D eigenvalue weighted by Gasteiger charge is -2.38. The summed E-state index contributed by atoms with van der Waals surface area (Å²) >= 11 is 6.36. The van der Waals surface area contributed by atoms with Gasteiger partial charge >= 0.3 is 0 Å². The number of nitrogens with zero attached hydrogens (tertiary/aromatic N) is 2. The molecule has 0 unspecified atom stereocenters. The number of halogens is 1. The number of rotatable bonds is 5. The largest absolute Gasteiger partial charge is 0.493 e. The second-order valence-corrected chi connectivity index (χ2v) is 8.76. The lowest BCUT2D eigenvalue weighted by atomic mass is 9.95. The molecule has 0 saturated heterocycles. The summed E-state index contributed by atoms with van der Waals surface area (Å²) in [5, 5.41) is 7.64. The molecule has 0 fully saturated rings. The SMILES string of the molecule is COc1cc([C@@H]2Oc3ccc(Cl)cc3[C@@H]3CC(c4ccc5c(c4)OCO5)=NN32)cc(OC)c1OC. The zero-order valence-electron chi connectivity index (χ0n) is 19.4. The molecule has 3 aliphatic rings. The fourth-order valence-electron chi connectivity index (χ4n) is 4.77. The molecule has 0 radical (unpaired) electrons. The highest BCUT2D eigenvalue weighted by Gasteiger charge is 2.42. The van der Waals surface area contributed by atoms with Gasteiger partial charge in [0.15, 0.2) is 23.0 Å². The van der Waals surface area contributed by atoms with E-state index in [2.05, 4.69) is 0 Å². The predicted octanol–water partition coefficient (Wildman–Crippen LogP) is 5.34. The highest BCUT2D eigenvalue weighted by Crippen LogP contribution is 2.50. The molecule has 35 heavy (non-hydrogen) atoms. The van der Waals surface area contributed by atoms with Crippen molar-refractivity contribution in [2.24, 2.45) is 5.10 Å². The Bertz CT molecular complexity index is 1320. The third kappa shape index (κ3) is 3.56. The molecule has 0 N–H and O–H groups in total. The van der Waals surface area contributed by atoms with E-state index in [0.29, 0.717) is 28.7 Å². The Balaban J connectivity index is 1.46. The van der Waals surface area contributed by atoms with Gasteiger partial charge in [0.05, 0.1) is 33.1 Å². The van der Waals surface area contributed by atoms with Crippen molar-refractivity contribution in [3.05, 3.63) is 70.2 Å². The molecule has 0 bridgehead atoms. The first-order valence-electron chi connectivity index (χ1n) is 11.1. The Morgan fingerprint density at radius 2 is 1.63 bits per heavy atom. The number of fused-ring (bicyclic) bond motifs is 4. The summed E-state index contributed by atoms with van der Waals surface area (Å²) in [6.07, 6.45) is 0.158. The molecular weight excluding hydrogens is 472 g/mol. The first kappa shape index (κ1) is 21.7. The summed E-state index contributed by atoms with van der Waals surface area (Å²) < 4.78 is 34.2. The third-order valence-corrected chi connectivity index (χ3v) is 6.67. The second kappa shape index (κ2) is 8.46. The molecule has 2 atom stereocenters. The summed E-state index contributed by atoms with van der Waals surface area (Å²) in [4.78, 5) is 0. The fourth-order valence-corrected chi connectivity index (χ4v) is 4.95. The summed E-state index contributed by atoms with van der Waals surface area (Å²) in [6.45, 7) is 0.225. The van der Waals surface area contributed by atoms with E-state index in [1.165, 1.54) is 0 Å². The standard InChI is InChI=1S/C26H23ClN2O6/c1-30-23-9-15(10-24(31-2)25(23)32-3)26-29-19(17-11-16(27)5-7-20(17)35-26)12-18(28-29)14-4-6-21-22(8-14)34-13-33-21/h4-11,19,26H,12-13H2,1-3H3/t19-,26-/m0/s1. The minimum Gasteiger partial charge on any atom is -0.493 e. The van der Waals surface area contributed by atoms with Crippen LogP contribution in [0.5, 0.6) is 34.5 Å². The number of hydrogen-bond acceptors (Lipinski definition) is 8. The van der Waals surface area contributed by atoms with E-state index < -0.39 is 6.23 Å². The van der Waals surface area contributed by atoms with Gasteiger partial charge in [0.25, 0.3) is 0 Å². The topological polar surface area (TPSA) is 71.0 Å². The van der Waals surface area contributed by atoms with Gasteiger partial charge in [0.2, 0.25) is 18.8 Å². The first-order valence-corrected chi connectivity index (χ1v) is 11.5. The third-order valence-electron chi connectivity index (χ3n) is 6.43. The Morgan fingerprint density at radius 1 is 0.886 bits per heavy atom. The molecule has 180 valence electrons. The maximum Gasteiger partial charge on any atom is 0.231 e. The average molecular weight is 495 g/mol. The lowest BCUT2D eigenvalue weighted by Crippen LogP contribution is -2.33. The summed E-state index contributed by atoms with van der Waals surface area (Å²) in [5.41, 5.74) is 3.69. The van der Waals surface area contributed by atoms with Crippen molar-refractivity contribution < 1.29 is 28.4 Å². The van der Waals surface area contributed by atoms with Gasteiger partial charge in [-0.3, -0.25) is 0 Å². The molecule has 3 heterocycles. The molecule has 0 spiro atoms. The maximum absolute atomic E-state index is 6.48. The summed E-state index contributed by atoms with van der Waals surface area (Å²) in [7, 11) is 4.76. The quantitative estimate of drug-likeness (QED) is 0.474. The van der Waals surface area contributed by atoms with Crippen LogP contribution in [0.25, 0.3) is 0 Å². The van der Waals surface area contributed by atoms with Crippen LogP contribution in [0.3, 0.4) is 0 Å². The molecular formula is C26H23ClN2O6. The van der Waals surface area contributed by atoms with Gasteiger partial charge in [-0.15, -0.1) is 0 Å². The van der Waals surface area contributed by atoms with Crippen LogP contribution in [-0.4, -0.2) is 38.8 Å². The van der Waals surface area contributed by atoms with E-state index in [1.807, 2.05) is 53.5 Å². The van der Waals surface area contributed by atoms with Crippen molar-refractivity contribution in [2.45, 2.75) is 18.7 Å². The highest BCUT2D eigenvalue weighted by molar-refractivity contribution is 6.30. The van der Waals surface area contributed by atoms with Crippen molar-refractivity contribution in [1.82, 2.24) is 5.01 Å². The Kier molecular flexibility index (Phi) is 5.25. The molecule has 3 aromatic rings. The van der Waals surface area contributed by atoms with Crippen molar-refractivity contribution >= 4 is 17.3 Å². The minimum atomic E-state index is -0.520. The smallest absolute Gasteiger partial charge is 0.231 e. The normalized spacial score (nSPS) is 19.4. The van der Waals surface area contributed by atoms with Crippen LogP contribution in [-0.2, 0) is 0 Å². The second-order valence-electron chi connectivity index (χ2n) is 8.33. The fraction of sp³-hybridized carbons (Fsp3) is 0.269. The summed E-state index contributed by atoms with van der Waals surface area (Å²) in [6, 6.07) is 15.3. The van der Waals surface area contributed by atoms with E-state index in [4.69, 9.17) is 45.1 Å². The Labute approximate surface area is 207 Å². The van der Waals surface area contributed by atoms with Crippen LogP contribution in [0.4, 0.5) is 0 Å². The molecule has 0 saturated carbocycles. The van der Waals surface area contributed by atoms with Gasteiger partial charge in [-0.1, -0.05) is 11.6 Å². The van der Waals surface area contributed by atoms with Crippen LogP contribution >= 0.6 is 11.6 Å². The molecule has 0 aromatic heterocycles. The number of methoxy groups -OCH3 is 3. The molecule has 0 aliphatic carbocycles. The minimum absolute atomic E-state index is 0.0676. The van der Waals surface area contributed by atoms with Gasteiger partial charge in [-0.25, -0.2) is 5.01 Å². The molecule has 3 aromatic carbocycles. The summed E-state index contributed by atoms with van der Waals surface area (Å²) in [5.74, 6) is 3.82. The van der Waals surface area contributed by atoms with E-state index in [9.17, 15) is 0 Å². The maximum atomic E-state index is 6.48. The average Bonchev–Trinajstić information content (AvgIpc) is 3.54. The van der Waals surface area contributed by atoms with Crippen molar-refractivity contribution in [2.75, 3.05) is 28.1 Å². The monoisotopic (exact) mass is 494 g/mol. The zero-order chi connectivity index (χ0) is 24.1. The zero-order valence-corrected chi connectivity index (χ0v) is 20.2. The van der Waals surface area contributed by atoms with Gasteiger partial charge in [0, 0.05) is 28.1 Å². The van der Waals surface area contributed by atoms with Gasteiger partial charge < -0.3 is 28.4 Å². The van der Waals surface area contributed by atoms with Crippen molar-refractivity contribution in [3.8, 4) is 34.5 Å². The molecule has 0 amide bonds. The number of benzene rings is 3. The number of hydrogen-bond donors (Lipinski definition) is 0. The predicted molar refractivity (Wildman–Crippen MR) is 129 cm³/mol. The van der Waals surface area contributed by atoms with Crippen LogP contribution in [0.1, 0.15) is 35.4 Å². The van der Waals surface area contributed by atoms with Crippen LogP contribution in [0.2, 0.25) is 5.02 Å². The Hall–Kier alpha value is -3.78. The van der Waals surface area contributed by atoms with Crippen LogP contribution < -0.4 is 28.4 Å². The molecule has 8 nitrogen and oxygen atoms in total. The van der Waals surface area contributed by atoms with Crippen LogP contribution in [0.15, 0.2) is 53.6 Å². The lowest BCUT2D eigenvalue weighted by molar-refractivity contribution is -0.0192. The molecule has 9 heteroatoms. The van der Waals surface area contributed by atoms with E-state index in [0.717, 1.165) is 39.7 Å². The van der Waals surface area contributed by atoms with E-state index in [-0.39, 0.29) is 12.8 Å². The van der Waals surface area contributed by atoms with Gasteiger partial charge in [-0.05, 0) is 48.5 Å². The van der Waals surface area contributed by atoms with E-state index in [1.54, 1.807) is 21.3 Å². The molecule has 3 aliphatic heterocycles. The van der Waals surface area contributed by atoms with Gasteiger partial charge in [0.1, 0.15) is 5.75 Å². The van der Waals surface area contributed by atoms with Crippen molar-refractivity contribution in [3.63, 3.8) is 0 Å². The number of hydrazone groups is 1. The number of ether oxygens (including phenoxy) is 6. The Morgan fingerprint density at radius 3 is 2.37 bits per heavy atom. The highest BCUT2D eigenvalue weighted by atomic mass is 35.5. The first-order chi connectivity index (χ1) is 17.1. The van der Waals surface area contributed by atoms with E-state index >= 15 is 0 Å². The van der Waals surface area contributed by atoms with Gasteiger partial charge in [-0.2, -0.15) is 5.10 Å². The molecule has 6 rings (SSSR count).